The van der Waals surface area contributed by atoms with Crippen molar-refractivity contribution in [3.05, 3.63) is 66.1 Å². The van der Waals surface area contributed by atoms with Gasteiger partial charge in [-0.1, -0.05) is 18.2 Å². The highest BCUT2D eigenvalue weighted by atomic mass is 19.1. The van der Waals surface area contributed by atoms with Crippen LogP contribution in [0.4, 0.5) is 10.1 Å². The summed E-state index contributed by atoms with van der Waals surface area (Å²) in [6.45, 7) is 1.50. The molecule has 0 N–H and O–H groups in total. The van der Waals surface area contributed by atoms with Crippen molar-refractivity contribution in [2.45, 2.75) is 18.9 Å². The van der Waals surface area contributed by atoms with Crippen LogP contribution in [0.3, 0.4) is 0 Å². The molecule has 1 aliphatic rings. The molecule has 2 heterocycles. The second-order valence-electron chi connectivity index (χ2n) is 6.41. The van der Waals surface area contributed by atoms with E-state index in [0.717, 1.165) is 37.4 Å². The normalized spacial score (nSPS) is 15.0. The second-order valence-corrected chi connectivity index (χ2v) is 6.41. The summed E-state index contributed by atoms with van der Waals surface area (Å²) < 4.78 is 19.8. The van der Waals surface area contributed by atoms with E-state index in [1.165, 1.54) is 12.1 Å². The van der Waals surface area contributed by atoms with Crippen molar-refractivity contribution >= 4 is 16.6 Å². The number of halogens is 1. The SMILES string of the molecule is N#Cc1cnc2ccc(F)cc2c1N1CCC(Oc2ccccc2)CC1. The molecule has 1 aromatic heterocycles. The summed E-state index contributed by atoms with van der Waals surface area (Å²) in [5, 5.41) is 10.2. The molecule has 3 aromatic rings. The van der Waals surface area contributed by atoms with Gasteiger partial charge in [0.2, 0.25) is 0 Å². The van der Waals surface area contributed by atoms with Crippen molar-refractivity contribution in [1.29, 1.82) is 5.26 Å². The van der Waals surface area contributed by atoms with Gasteiger partial charge in [-0.25, -0.2) is 4.39 Å². The van der Waals surface area contributed by atoms with E-state index in [1.54, 1.807) is 12.3 Å². The molecule has 2 aromatic carbocycles. The number of benzene rings is 2. The minimum Gasteiger partial charge on any atom is -0.490 e. The van der Waals surface area contributed by atoms with Crippen molar-refractivity contribution in [1.82, 2.24) is 4.98 Å². The standard InChI is InChI=1S/C21H18FN3O/c22-16-6-7-20-19(12-16)21(15(13-23)14-24-20)25-10-8-18(9-11-25)26-17-4-2-1-3-5-17/h1-7,12,14,18H,8-11H2. The van der Waals surface area contributed by atoms with Crippen LogP contribution >= 0.6 is 0 Å². The molecule has 4 rings (SSSR count). The summed E-state index contributed by atoms with van der Waals surface area (Å²) in [5.74, 6) is 0.554. The number of piperidine rings is 1. The van der Waals surface area contributed by atoms with Crippen molar-refractivity contribution in [2.24, 2.45) is 0 Å². The molecule has 0 saturated carbocycles. The maximum absolute atomic E-state index is 13.8. The first kappa shape index (κ1) is 16.3. The molecular weight excluding hydrogens is 329 g/mol. The number of ether oxygens (including phenoxy) is 1. The third-order valence-electron chi connectivity index (χ3n) is 4.73. The third-order valence-corrected chi connectivity index (χ3v) is 4.73. The van der Waals surface area contributed by atoms with E-state index < -0.39 is 0 Å². The van der Waals surface area contributed by atoms with Crippen LogP contribution in [0.5, 0.6) is 5.75 Å². The number of fused-ring (bicyclic) bond motifs is 1. The summed E-state index contributed by atoms with van der Waals surface area (Å²) >= 11 is 0. The summed E-state index contributed by atoms with van der Waals surface area (Å²) in [7, 11) is 0. The zero-order chi connectivity index (χ0) is 17.9. The summed E-state index contributed by atoms with van der Waals surface area (Å²) in [4.78, 5) is 6.42. The van der Waals surface area contributed by atoms with Gasteiger partial charge in [0, 0.05) is 37.5 Å². The molecule has 0 aliphatic carbocycles. The Bertz CT molecular complexity index is 960. The molecule has 26 heavy (non-hydrogen) atoms. The number of nitriles is 1. The zero-order valence-electron chi connectivity index (χ0n) is 14.2. The van der Waals surface area contributed by atoms with Crippen molar-refractivity contribution < 1.29 is 9.13 Å². The van der Waals surface area contributed by atoms with Gasteiger partial charge in [-0.15, -0.1) is 0 Å². The first-order valence-electron chi connectivity index (χ1n) is 8.69. The van der Waals surface area contributed by atoms with Gasteiger partial charge >= 0.3 is 0 Å². The van der Waals surface area contributed by atoms with E-state index in [1.807, 2.05) is 30.3 Å². The highest BCUT2D eigenvalue weighted by molar-refractivity contribution is 5.94. The van der Waals surface area contributed by atoms with Gasteiger partial charge in [0.1, 0.15) is 23.7 Å². The highest BCUT2D eigenvalue weighted by Crippen LogP contribution is 2.32. The molecule has 0 atom stereocenters. The van der Waals surface area contributed by atoms with Crippen LogP contribution in [0.2, 0.25) is 0 Å². The number of hydrogen-bond acceptors (Lipinski definition) is 4. The Labute approximate surface area is 151 Å². The Morgan fingerprint density at radius 3 is 2.62 bits per heavy atom. The average Bonchev–Trinajstić information content (AvgIpc) is 2.68. The number of rotatable bonds is 3. The molecule has 130 valence electrons. The molecule has 0 unspecified atom stereocenters. The number of hydrogen-bond donors (Lipinski definition) is 0. The lowest BCUT2D eigenvalue weighted by Crippen LogP contribution is -2.38. The Balaban J connectivity index is 1.57. The van der Waals surface area contributed by atoms with E-state index in [-0.39, 0.29) is 11.9 Å². The minimum atomic E-state index is -0.321. The molecule has 5 heteroatoms. The molecule has 1 fully saturated rings. The molecule has 1 aliphatic heterocycles. The number of pyridine rings is 1. The second kappa shape index (κ2) is 7.01. The van der Waals surface area contributed by atoms with Crippen LogP contribution < -0.4 is 9.64 Å². The zero-order valence-corrected chi connectivity index (χ0v) is 14.2. The summed E-state index contributed by atoms with van der Waals surface area (Å²) in [6.07, 6.45) is 3.41. The van der Waals surface area contributed by atoms with Gasteiger partial charge in [-0.05, 0) is 30.3 Å². The molecule has 0 amide bonds. The van der Waals surface area contributed by atoms with Crippen LogP contribution in [-0.4, -0.2) is 24.2 Å². The fourth-order valence-corrected chi connectivity index (χ4v) is 3.46. The molecule has 0 bridgehead atoms. The molecule has 1 saturated heterocycles. The molecule has 4 nitrogen and oxygen atoms in total. The lowest BCUT2D eigenvalue weighted by molar-refractivity contribution is 0.171. The van der Waals surface area contributed by atoms with E-state index in [2.05, 4.69) is 16.0 Å². The van der Waals surface area contributed by atoms with E-state index in [4.69, 9.17) is 4.74 Å². The largest absolute Gasteiger partial charge is 0.490 e. The molecule has 0 spiro atoms. The van der Waals surface area contributed by atoms with Crippen LogP contribution in [0.25, 0.3) is 10.9 Å². The molecule has 0 radical (unpaired) electrons. The third kappa shape index (κ3) is 3.18. The number of anilines is 1. The first-order valence-corrected chi connectivity index (χ1v) is 8.69. The van der Waals surface area contributed by atoms with Crippen molar-refractivity contribution in [3.8, 4) is 11.8 Å². The van der Waals surface area contributed by atoms with Gasteiger partial charge in [0.15, 0.2) is 0 Å². The van der Waals surface area contributed by atoms with Crippen molar-refractivity contribution in [3.63, 3.8) is 0 Å². The number of para-hydroxylation sites is 1. The lowest BCUT2D eigenvalue weighted by Gasteiger charge is -2.34. The Morgan fingerprint density at radius 1 is 1.12 bits per heavy atom. The van der Waals surface area contributed by atoms with E-state index >= 15 is 0 Å². The van der Waals surface area contributed by atoms with Crippen molar-refractivity contribution in [2.75, 3.05) is 18.0 Å². The highest BCUT2D eigenvalue weighted by Gasteiger charge is 2.24. The van der Waals surface area contributed by atoms with Gasteiger partial charge in [-0.2, -0.15) is 5.26 Å². The quantitative estimate of drug-likeness (QED) is 0.709. The van der Waals surface area contributed by atoms with Crippen LogP contribution in [0.1, 0.15) is 18.4 Å². The maximum Gasteiger partial charge on any atom is 0.124 e. The van der Waals surface area contributed by atoms with Gasteiger partial charge in [-0.3, -0.25) is 4.98 Å². The van der Waals surface area contributed by atoms with Crippen LogP contribution in [-0.2, 0) is 0 Å². The Hall–Kier alpha value is -3.13. The molecular formula is C21H18FN3O. The predicted molar refractivity (Wildman–Crippen MR) is 98.7 cm³/mol. The van der Waals surface area contributed by atoms with Gasteiger partial charge in [0.05, 0.1) is 16.8 Å². The topological polar surface area (TPSA) is 49.2 Å². The number of nitrogens with zero attached hydrogens (tertiary/aromatic N) is 3. The average molecular weight is 347 g/mol. The first-order chi connectivity index (χ1) is 12.7. The fourth-order valence-electron chi connectivity index (χ4n) is 3.46. The monoisotopic (exact) mass is 347 g/mol. The van der Waals surface area contributed by atoms with Crippen LogP contribution in [0, 0.1) is 17.1 Å². The smallest absolute Gasteiger partial charge is 0.124 e. The maximum atomic E-state index is 13.8. The van der Waals surface area contributed by atoms with Gasteiger partial charge in [0.25, 0.3) is 0 Å². The van der Waals surface area contributed by atoms with E-state index in [9.17, 15) is 9.65 Å². The minimum absolute atomic E-state index is 0.143. The van der Waals surface area contributed by atoms with Gasteiger partial charge < -0.3 is 9.64 Å². The van der Waals surface area contributed by atoms with Crippen LogP contribution in [0.15, 0.2) is 54.7 Å². The predicted octanol–water partition coefficient (Wildman–Crippen LogP) is 4.29. The summed E-state index contributed by atoms with van der Waals surface area (Å²) in [6, 6.07) is 16.5. The van der Waals surface area contributed by atoms with E-state index in [0.29, 0.717) is 16.5 Å². The Kier molecular flexibility index (Phi) is 4.40. The fraction of sp³-hybridized carbons (Fsp3) is 0.238. The Morgan fingerprint density at radius 2 is 1.88 bits per heavy atom. The lowest BCUT2D eigenvalue weighted by atomic mass is 10.0. The summed E-state index contributed by atoms with van der Waals surface area (Å²) in [5.41, 5.74) is 1.95. The number of aromatic nitrogens is 1.